The number of carbonyl (C=O) groups excluding carboxylic acids is 1. The summed E-state index contributed by atoms with van der Waals surface area (Å²) < 4.78 is 18.4. The molecule has 0 aliphatic carbocycles. The van der Waals surface area contributed by atoms with E-state index in [1.807, 2.05) is 31.2 Å². The summed E-state index contributed by atoms with van der Waals surface area (Å²) in [5.74, 6) is 0.113. The standard InChI is InChI=1S/C17H15FO2/c1-2-20-16-8-3-5-13(11-16)9-10-17(19)14-6-4-7-15(18)12-14/h3-12H,2H2,1H3. The van der Waals surface area contributed by atoms with E-state index in [4.69, 9.17) is 4.74 Å². The van der Waals surface area contributed by atoms with E-state index in [0.717, 1.165) is 11.3 Å². The SMILES string of the molecule is CCOc1cccc(C=CC(=O)c2cccc(F)c2)c1. The van der Waals surface area contributed by atoms with Crippen LogP contribution in [0.1, 0.15) is 22.8 Å². The van der Waals surface area contributed by atoms with Crippen molar-refractivity contribution in [3.05, 3.63) is 71.6 Å². The second-order valence-electron chi connectivity index (χ2n) is 4.21. The van der Waals surface area contributed by atoms with Crippen molar-refractivity contribution in [1.29, 1.82) is 0 Å². The van der Waals surface area contributed by atoms with Crippen LogP contribution in [0, 0.1) is 5.82 Å². The molecule has 0 fully saturated rings. The number of benzene rings is 2. The van der Waals surface area contributed by atoms with Crippen LogP contribution in [0.5, 0.6) is 5.75 Å². The first-order valence-electron chi connectivity index (χ1n) is 6.40. The minimum atomic E-state index is -0.414. The lowest BCUT2D eigenvalue weighted by Gasteiger charge is -2.03. The molecule has 0 aliphatic rings. The molecule has 0 aromatic heterocycles. The molecule has 2 aromatic carbocycles. The maximum atomic E-state index is 13.0. The molecule has 0 saturated carbocycles. The Hall–Kier alpha value is -2.42. The lowest BCUT2D eigenvalue weighted by atomic mass is 10.1. The Morgan fingerprint density at radius 2 is 2.00 bits per heavy atom. The third-order valence-corrected chi connectivity index (χ3v) is 2.71. The van der Waals surface area contributed by atoms with E-state index in [1.54, 1.807) is 12.1 Å². The smallest absolute Gasteiger partial charge is 0.185 e. The average Bonchev–Trinajstić information content (AvgIpc) is 2.45. The molecule has 0 radical (unpaired) electrons. The van der Waals surface area contributed by atoms with Crippen LogP contribution < -0.4 is 4.74 Å². The number of allylic oxidation sites excluding steroid dienone is 1. The molecule has 0 N–H and O–H groups in total. The largest absolute Gasteiger partial charge is 0.494 e. The summed E-state index contributed by atoms with van der Waals surface area (Å²) in [7, 11) is 0. The summed E-state index contributed by atoms with van der Waals surface area (Å²) >= 11 is 0. The summed E-state index contributed by atoms with van der Waals surface area (Å²) in [5.41, 5.74) is 1.20. The van der Waals surface area contributed by atoms with Gasteiger partial charge in [-0.1, -0.05) is 30.3 Å². The van der Waals surface area contributed by atoms with Crippen molar-refractivity contribution in [3.8, 4) is 5.75 Å². The molecule has 0 aliphatic heterocycles. The zero-order valence-corrected chi connectivity index (χ0v) is 11.2. The van der Waals surface area contributed by atoms with Gasteiger partial charge in [0.2, 0.25) is 0 Å². The van der Waals surface area contributed by atoms with Gasteiger partial charge in [0, 0.05) is 5.56 Å². The zero-order chi connectivity index (χ0) is 14.4. The topological polar surface area (TPSA) is 26.3 Å². The van der Waals surface area contributed by atoms with E-state index in [9.17, 15) is 9.18 Å². The van der Waals surface area contributed by atoms with E-state index in [0.29, 0.717) is 12.2 Å². The molecule has 0 unspecified atom stereocenters. The van der Waals surface area contributed by atoms with Crippen LogP contribution in [0.3, 0.4) is 0 Å². The molecule has 102 valence electrons. The summed E-state index contributed by atoms with van der Waals surface area (Å²) in [6.07, 6.45) is 3.12. The quantitative estimate of drug-likeness (QED) is 0.603. The molecule has 3 heteroatoms. The lowest BCUT2D eigenvalue weighted by Crippen LogP contribution is -1.94. The van der Waals surface area contributed by atoms with Crippen molar-refractivity contribution >= 4 is 11.9 Å². The van der Waals surface area contributed by atoms with Gasteiger partial charge in [-0.05, 0) is 42.8 Å². The van der Waals surface area contributed by atoms with Crippen molar-refractivity contribution in [2.75, 3.05) is 6.61 Å². The Bertz CT molecular complexity index is 632. The molecule has 0 atom stereocenters. The number of halogens is 1. The molecule has 20 heavy (non-hydrogen) atoms. The van der Waals surface area contributed by atoms with Crippen molar-refractivity contribution in [1.82, 2.24) is 0 Å². The number of carbonyl (C=O) groups is 1. The molecule has 0 amide bonds. The fourth-order valence-corrected chi connectivity index (χ4v) is 1.78. The maximum Gasteiger partial charge on any atom is 0.185 e. The van der Waals surface area contributed by atoms with Gasteiger partial charge in [0.1, 0.15) is 11.6 Å². The Balaban J connectivity index is 2.12. The molecule has 0 spiro atoms. The summed E-state index contributed by atoms with van der Waals surface area (Å²) in [6.45, 7) is 2.51. The predicted octanol–water partition coefficient (Wildman–Crippen LogP) is 4.12. The van der Waals surface area contributed by atoms with Gasteiger partial charge in [-0.2, -0.15) is 0 Å². The number of hydrogen-bond donors (Lipinski definition) is 0. The normalized spacial score (nSPS) is 10.7. The van der Waals surface area contributed by atoms with Gasteiger partial charge < -0.3 is 4.74 Å². The highest BCUT2D eigenvalue weighted by Crippen LogP contribution is 2.15. The van der Waals surface area contributed by atoms with Crippen LogP contribution in [-0.4, -0.2) is 12.4 Å². The van der Waals surface area contributed by atoms with E-state index >= 15 is 0 Å². The third kappa shape index (κ3) is 3.79. The highest BCUT2D eigenvalue weighted by molar-refractivity contribution is 6.06. The molecule has 2 nitrogen and oxygen atoms in total. The number of rotatable bonds is 5. The Morgan fingerprint density at radius 3 is 2.75 bits per heavy atom. The predicted molar refractivity (Wildman–Crippen MR) is 77.4 cm³/mol. The fraction of sp³-hybridized carbons (Fsp3) is 0.118. The van der Waals surface area contributed by atoms with Crippen molar-refractivity contribution in [2.24, 2.45) is 0 Å². The summed E-state index contributed by atoms with van der Waals surface area (Å²) in [5, 5.41) is 0. The molecular formula is C17H15FO2. The first-order chi connectivity index (χ1) is 9.69. The van der Waals surface area contributed by atoms with Crippen molar-refractivity contribution < 1.29 is 13.9 Å². The van der Waals surface area contributed by atoms with E-state index in [-0.39, 0.29) is 5.78 Å². The van der Waals surface area contributed by atoms with Gasteiger partial charge in [-0.15, -0.1) is 0 Å². The van der Waals surface area contributed by atoms with Crippen LogP contribution in [0.15, 0.2) is 54.6 Å². The minimum Gasteiger partial charge on any atom is -0.494 e. The Morgan fingerprint density at radius 1 is 1.20 bits per heavy atom. The van der Waals surface area contributed by atoms with E-state index in [2.05, 4.69) is 0 Å². The van der Waals surface area contributed by atoms with Gasteiger partial charge >= 0.3 is 0 Å². The molecular weight excluding hydrogens is 255 g/mol. The van der Waals surface area contributed by atoms with Crippen LogP contribution in [-0.2, 0) is 0 Å². The fourth-order valence-electron chi connectivity index (χ4n) is 1.78. The first kappa shape index (κ1) is 14.0. The maximum absolute atomic E-state index is 13.0. The molecule has 0 heterocycles. The second kappa shape index (κ2) is 6.66. The molecule has 2 rings (SSSR count). The van der Waals surface area contributed by atoms with Crippen molar-refractivity contribution in [2.45, 2.75) is 6.92 Å². The van der Waals surface area contributed by atoms with E-state index < -0.39 is 5.82 Å². The minimum absolute atomic E-state index is 0.230. The number of ether oxygens (including phenoxy) is 1. The highest BCUT2D eigenvalue weighted by Gasteiger charge is 2.02. The number of ketones is 1. The van der Waals surface area contributed by atoms with Crippen molar-refractivity contribution in [3.63, 3.8) is 0 Å². The third-order valence-electron chi connectivity index (χ3n) is 2.71. The second-order valence-corrected chi connectivity index (χ2v) is 4.21. The lowest BCUT2D eigenvalue weighted by molar-refractivity contribution is 0.104. The zero-order valence-electron chi connectivity index (χ0n) is 11.2. The van der Waals surface area contributed by atoms with Crippen LogP contribution in [0.2, 0.25) is 0 Å². The van der Waals surface area contributed by atoms with Crippen LogP contribution >= 0.6 is 0 Å². The highest BCUT2D eigenvalue weighted by atomic mass is 19.1. The number of hydrogen-bond acceptors (Lipinski definition) is 2. The summed E-state index contributed by atoms with van der Waals surface area (Å²) in [6, 6.07) is 13.1. The molecule has 2 aromatic rings. The monoisotopic (exact) mass is 270 g/mol. The van der Waals surface area contributed by atoms with Crippen LogP contribution in [0.25, 0.3) is 6.08 Å². The van der Waals surface area contributed by atoms with E-state index in [1.165, 1.54) is 24.3 Å². The van der Waals surface area contributed by atoms with Gasteiger partial charge in [0.15, 0.2) is 5.78 Å². The molecule has 0 bridgehead atoms. The molecule has 0 saturated heterocycles. The average molecular weight is 270 g/mol. The van der Waals surface area contributed by atoms with Gasteiger partial charge in [-0.25, -0.2) is 4.39 Å². The van der Waals surface area contributed by atoms with Gasteiger partial charge in [0.05, 0.1) is 6.61 Å². The van der Waals surface area contributed by atoms with Gasteiger partial charge in [-0.3, -0.25) is 4.79 Å². The first-order valence-corrected chi connectivity index (χ1v) is 6.40. The van der Waals surface area contributed by atoms with Gasteiger partial charge in [0.25, 0.3) is 0 Å². The Kier molecular flexibility index (Phi) is 4.66. The Labute approximate surface area is 117 Å². The van der Waals surface area contributed by atoms with Crippen LogP contribution in [0.4, 0.5) is 4.39 Å². The summed E-state index contributed by atoms with van der Waals surface area (Å²) in [4.78, 5) is 11.9.